The van der Waals surface area contributed by atoms with Crippen LogP contribution >= 0.6 is 0 Å². The molecule has 7 nitrogen and oxygen atoms in total. The van der Waals surface area contributed by atoms with E-state index in [2.05, 4.69) is 10.6 Å². The molecule has 2 aromatic carbocycles. The van der Waals surface area contributed by atoms with Crippen molar-refractivity contribution in [1.29, 1.82) is 0 Å². The van der Waals surface area contributed by atoms with Crippen LogP contribution < -0.4 is 16.4 Å². The van der Waals surface area contributed by atoms with E-state index in [0.717, 1.165) is 5.56 Å². The normalized spacial score (nSPS) is 13.0. The van der Waals surface area contributed by atoms with Gasteiger partial charge in [0.2, 0.25) is 0 Å². The molecule has 0 aromatic heterocycles. The summed E-state index contributed by atoms with van der Waals surface area (Å²) in [6.45, 7) is 1.89. The van der Waals surface area contributed by atoms with Gasteiger partial charge < -0.3 is 26.6 Å². The Labute approximate surface area is 139 Å². The number of carbonyl (C=O) groups is 2. The minimum absolute atomic E-state index is 0.352. The highest BCUT2D eigenvalue weighted by molar-refractivity contribution is 6.02. The Kier molecular flexibility index (Phi) is 5.51. The third-order valence-electron chi connectivity index (χ3n) is 3.31. The van der Waals surface area contributed by atoms with Gasteiger partial charge in [0.15, 0.2) is 12.2 Å². The molecule has 0 radical (unpaired) electrons. The molecule has 0 unspecified atom stereocenters. The maximum Gasteiger partial charge on any atom is 0.256 e. The van der Waals surface area contributed by atoms with Crippen LogP contribution in [0.2, 0.25) is 0 Å². The number of nitrogens with one attached hydrogen (secondary N) is 2. The standard InChI is InChI=1S/C17H19N3O4/c1-10-5-7-12(8-6-10)19-16(23)14(21)15(22)17(24)20-13-4-2-3-11(18)9-13/h2-9,14-15,21-22H,18H2,1H3,(H,19,23)(H,20,24)/t14-,15-/m1/s1. The van der Waals surface area contributed by atoms with Gasteiger partial charge in [0.1, 0.15) is 0 Å². The number of nitrogens with two attached hydrogens (primary N) is 1. The fourth-order valence-corrected chi connectivity index (χ4v) is 1.97. The Bertz CT molecular complexity index is 731. The molecule has 0 spiro atoms. The first-order valence-corrected chi connectivity index (χ1v) is 7.27. The van der Waals surface area contributed by atoms with E-state index < -0.39 is 24.0 Å². The van der Waals surface area contributed by atoms with E-state index in [0.29, 0.717) is 17.1 Å². The Hall–Kier alpha value is -2.90. The number of hydrogen-bond acceptors (Lipinski definition) is 5. The molecule has 0 aliphatic rings. The molecule has 2 rings (SSSR count). The predicted octanol–water partition coefficient (Wildman–Crippen LogP) is 0.876. The first kappa shape index (κ1) is 17.5. The fourth-order valence-electron chi connectivity index (χ4n) is 1.97. The van der Waals surface area contributed by atoms with Crippen molar-refractivity contribution < 1.29 is 19.8 Å². The first-order valence-electron chi connectivity index (χ1n) is 7.27. The highest BCUT2D eigenvalue weighted by atomic mass is 16.3. The summed E-state index contributed by atoms with van der Waals surface area (Å²) < 4.78 is 0. The molecule has 0 saturated carbocycles. The molecular formula is C17H19N3O4. The average Bonchev–Trinajstić information content (AvgIpc) is 2.55. The summed E-state index contributed by atoms with van der Waals surface area (Å²) in [6, 6.07) is 13.2. The van der Waals surface area contributed by atoms with Crippen molar-refractivity contribution in [1.82, 2.24) is 0 Å². The lowest BCUT2D eigenvalue weighted by Crippen LogP contribution is -2.45. The number of benzene rings is 2. The van der Waals surface area contributed by atoms with Gasteiger partial charge in [-0.25, -0.2) is 0 Å². The molecular weight excluding hydrogens is 310 g/mol. The lowest BCUT2D eigenvalue weighted by Gasteiger charge is -2.17. The van der Waals surface area contributed by atoms with Crippen LogP contribution in [0.1, 0.15) is 5.56 Å². The van der Waals surface area contributed by atoms with Gasteiger partial charge in [-0.1, -0.05) is 23.8 Å². The third kappa shape index (κ3) is 4.55. The lowest BCUT2D eigenvalue weighted by atomic mass is 10.1. The van der Waals surface area contributed by atoms with Crippen molar-refractivity contribution in [3.05, 3.63) is 54.1 Å². The van der Waals surface area contributed by atoms with Crippen LogP contribution in [0.25, 0.3) is 0 Å². The van der Waals surface area contributed by atoms with E-state index in [1.165, 1.54) is 6.07 Å². The number of nitrogen functional groups attached to an aromatic ring is 1. The molecule has 0 heterocycles. The highest BCUT2D eigenvalue weighted by Crippen LogP contribution is 2.13. The molecule has 2 aromatic rings. The second kappa shape index (κ2) is 7.58. The SMILES string of the molecule is Cc1ccc(NC(=O)[C@H](O)[C@@H](O)C(=O)Nc2cccc(N)c2)cc1. The van der Waals surface area contributed by atoms with Crippen LogP contribution in [0.4, 0.5) is 17.1 Å². The summed E-state index contributed by atoms with van der Waals surface area (Å²) in [6.07, 6.45) is -3.83. The van der Waals surface area contributed by atoms with Gasteiger partial charge >= 0.3 is 0 Å². The van der Waals surface area contributed by atoms with Gasteiger partial charge in [0.25, 0.3) is 11.8 Å². The van der Waals surface area contributed by atoms with E-state index >= 15 is 0 Å². The summed E-state index contributed by atoms with van der Waals surface area (Å²) in [5, 5.41) is 24.5. The molecule has 0 aliphatic carbocycles. The molecule has 7 heteroatoms. The zero-order valence-corrected chi connectivity index (χ0v) is 13.1. The zero-order chi connectivity index (χ0) is 17.7. The fraction of sp³-hybridized carbons (Fsp3) is 0.176. The van der Waals surface area contributed by atoms with Crippen LogP contribution in [0.3, 0.4) is 0 Å². The number of anilines is 3. The van der Waals surface area contributed by atoms with Gasteiger partial charge in [-0.05, 0) is 37.3 Å². The van der Waals surface area contributed by atoms with Crippen LogP contribution in [0, 0.1) is 6.92 Å². The van der Waals surface area contributed by atoms with Gasteiger partial charge in [-0.3, -0.25) is 9.59 Å². The van der Waals surface area contributed by atoms with Gasteiger partial charge in [0, 0.05) is 17.1 Å². The lowest BCUT2D eigenvalue weighted by molar-refractivity contribution is -0.139. The van der Waals surface area contributed by atoms with Crippen molar-refractivity contribution >= 4 is 28.9 Å². The van der Waals surface area contributed by atoms with E-state index in [1.807, 2.05) is 6.92 Å². The van der Waals surface area contributed by atoms with Crippen molar-refractivity contribution in [3.8, 4) is 0 Å². The number of amides is 2. The number of aliphatic hydroxyl groups is 2. The largest absolute Gasteiger partial charge is 0.399 e. The Morgan fingerprint density at radius 3 is 2.00 bits per heavy atom. The van der Waals surface area contributed by atoms with Crippen LogP contribution in [0.5, 0.6) is 0 Å². The van der Waals surface area contributed by atoms with Crippen LogP contribution in [-0.2, 0) is 9.59 Å². The Morgan fingerprint density at radius 2 is 1.46 bits per heavy atom. The predicted molar refractivity (Wildman–Crippen MR) is 91.3 cm³/mol. The van der Waals surface area contributed by atoms with Gasteiger partial charge in [0.05, 0.1) is 0 Å². The molecule has 0 aliphatic heterocycles. The molecule has 126 valence electrons. The second-order valence-electron chi connectivity index (χ2n) is 5.36. The van der Waals surface area contributed by atoms with Crippen molar-refractivity contribution in [3.63, 3.8) is 0 Å². The van der Waals surface area contributed by atoms with Crippen molar-refractivity contribution in [2.75, 3.05) is 16.4 Å². The summed E-state index contributed by atoms with van der Waals surface area (Å²) in [5.74, 6) is -1.79. The molecule has 6 N–H and O–H groups in total. The van der Waals surface area contributed by atoms with E-state index in [9.17, 15) is 19.8 Å². The summed E-state index contributed by atoms with van der Waals surface area (Å²) >= 11 is 0. The third-order valence-corrected chi connectivity index (χ3v) is 3.31. The van der Waals surface area contributed by atoms with Gasteiger partial charge in [-0.2, -0.15) is 0 Å². The topological polar surface area (TPSA) is 125 Å². The summed E-state index contributed by atoms with van der Waals surface area (Å²) in [5.41, 5.74) is 7.83. The van der Waals surface area contributed by atoms with E-state index in [1.54, 1.807) is 42.5 Å². The van der Waals surface area contributed by atoms with E-state index in [4.69, 9.17) is 5.73 Å². The van der Waals surface area contributed by atoms with Crippen molar-refractivity contribution in [2.45, 2.75) is 19.1 Å². The highest BCUT2D eigenvalue weighted by Gasteiger charge is 2.30. The van der Waals surface area contributed by atoms with Crippen molar-refractivity contribution in [2.24, 2.45) is 0 Å². The molecule has 0 bridgehead atoms. The summed E-state index contributed by atoms with van der Waals surface area (Å²) in [4.78, 5) is 23.9. The number of carbonyl (C=O) groups excluding carboxylic acids is 2. The maximum absolute atomic E-state index is 11.9. The molecule has 24 heavy (non-hydrogen) atoms. The maximum atomic E-state index is 11.9. The Morgan fingerprint density at radius 1 is 0.917 bits per heavy atom. The van der Waals surface area contributed by atoms with Crippen LogP contribution in [-0.4, -0.2) is 34.2 Å². The molecule has 0 saturated heterocycles. The Balaban J connectivity index is 1.97. The molecule has 0 fully saturated rings. The monoisotopic (exact) mass is 329 g/mol. The minimum Gasteiger partial charge on any atom is -0.399 e. The molecule has 2 atom stereocenters. The smallest absolute Gasteiger partial charge is 0.256 e. The summed E-state index contributed by atoms with van der Waals surface area (Å²) in [7, 11) is 0. The first-order chi connectivity index (χ1) is 11.4. The quantitative estimate of drug-likeness (QED) is 0.521. The van der Waals surface area contributed by atoms with Gasteiger partial charge in [-0.15, -0.1) is 0 Å². The number of aliphatic hydroxyl groups excluding tert-OH is 2. The molecule has 2 amide bonds. The van der Waals surface area contributed by atoms with Crippen LogP contribution in [0.15, 0.2) is 48.5 Å². The second-order valence-corrected chi connectivity index (χ2v) is 5.36. The number of aryl methyl sites for hydroxylation is 1. The average molecular weight is 329 g/mol. The number of rotatable bonds is 5. The number of hydrogen-bond donors (Lipinski definition) is 5. The van der Waals surface area contributed by atoms with E-state index in [-0.39, 0.29) is 0 Å². The zero-order valence-electron chi connectivity index (χ0n) is 13.1. The minimum atomic E-state index is -1.92.